The maximum Gasteiger partial charge on any atom is 0.243 e. The number of hydrogen-bond donors (Lipinski definition) is 5. The topological polar surface area (TPSA) is 151 Å². The molecule has 1 aliphatic heterocycles. The number of carbonyl (C=O) groups excluding carboxylic acids is 4. The highest BCUT2D eigenvalue weighted by Crippen LogP contribution is 2.26. The molecule has 1 unspecified atom stereocenters. The molecule has 0 aliphatic carbocycles. The van der Waals surface area contributed by atoms with Crippen molar-refractivity contribution in [3.05, 3.63) is 34.9 Å². The minimum absolute atomic E-state index is 0.0606. The van der Waals surface area contributed by atoms with E-state index in [0.717, 1.165) is 0 Å². The second-order valence-electron chi connectivity index (χ2n) is 9.18. The minimum atomic E-state index is -1.47. The smallest absolute Gasteiger partial charge is 0.243 e. The first-order valence-corrected chi connectivity index (χ1v) is 11.4. The Morgan fingerprint density at radius 2 is 1.85 bits per heavy atom. The maximum absolute atomic E-state index is 12.9. The minimum Gasteiger partial charge on any atom is -0.385 e. The summed E-state index contributed by atoms with van der Waals surface area (Å²) in [7, 11) is 0. The van der Waals surface area contributed by atoms with Gasteiger partial charge in [0.25, 0.3) is 0 Å². The molecule has 1 heterocycles. The van der Waals surface area contributed by atoms with Crippen LogP contribution in [0, 0.1) is 11.8 Å². The lowest BCUT2D eigenvalue weighted by atomic mass is 9.92. The number of amides is 4. The first kappa shape index (κ1) is 26.6. The molecule has 0 spiro atoms. The van der Waals surface area contributed by atoms with Gasteiger partial charge in [0.05, 0.1) is 12.0 Å². The lowest BCUT2D eigenvalue weighted by Gasteiger charge is -2.27. The molecule has 2 rings (SSSR count). The standard InChI is InChI=1S/C23H33ClN4O5/c1-13(2)10-18(22(32)28-17(20(25)30)11-14-8-9-26-21(14)31)27-19(29)12-23(3,33)15-4-6-16(24)7-5-15/h4-7,13-14,17-18,33H,8-12H2,1-3H3,(H2,25,30)(H,26,31)(H,27,29)(H,28,32)/t14-,17-,18-,23?/m0/s1. The zero-order valence-electron chi connectivity index (χ0n) is 19.2. The fraction of sp³-hybridized carbons (Fsp3) is 0.565. The molecule has 1 aromatic rings. The van der Waals surface area contributed by atoms with E-state index in [9.17, 15) is 24.3 Å². The van der Waals surface area contributed by atoms with Crippen LogP contribution in [0.4, 0.5) is 0 Å². The van der Waals surface area contributed by atoms with Gasteiger partial charge >= 0.3 is 0 Å². The first-order chi connectivity index (χ1) is 15.4. The lowest BCUT2D eigenvalue weighted by molar-refractivity contribution is -0.133. The van der Waals surface area contributed by atoms with Gasteiger partial charge in [-0.2, -0.15) is 0 Å². The fourth-order valence-corrected chi connectivity index (χ4v) is 3.97. The molecule has 1 aliphatic rings. The highest BCUT2D eigenvalue weighted by molar-refractivity contribution is 6.30. The summed E-state index contributed by atoms with van der Waals surface area (Å²) in [5.74, 6) is -2.36. The fourth-order valence-electron chi connectivity index (χ4n) is 3.84. The predicted molar refractivity (Wildman–Crippen MR) is 124 cm³/mol. The van der Waals surface area contributed by atoms with E-state index in [1.54, 1.807) is 24.3 Å². The first-order valence-electron chi connectivity index (χ1n) is 11.0. The molecule has 6 N–H and O–H groups in total. The van der Waals surface area contributed by atoms with Crippen LogP contribution in [0.2, 0.25) is 5.02 Å². The number of nitrogens with one attached hydrogen (secondary N) is 3. The van der Waals surface area contributed by atoms with Crippen LogP contribution in [0.15, 0.2) is 24.3 Å². The molecule has 1 saturated heterocycles. The summed E-state index contributed by atoms with van der Waals surface area (Å²) in [4.78, 5) is 49.4. The number of halogens is 1. The highest BCUT2D eigenvalue weighted by Gasteiger charge is 2.33. The number of nitrogens with two attached hydrogens (primary N) is 1. The Morgan fingerprint density at radius 1 is 1.21 bits per heavy atom. The summed E-state index contributed by atoms with van der Waals surface area (Å²) < 4.78 is 0. The Labute approximate surface area is 198 Å². The van der Waals surface area contributed by atoms with E-state index in [-0.39, 0.29) is 24.7 Å². The van der Waals surface area contributed by atoms with Crippen molar-refractivity contribution in [1.82, 2.24) is 16.0 Å². The maximum atomic E-state index is 12.9. The van der Waals surface area contributed by atoms with Crippen LogP contribution >= 0.6 is 11.6 Å². The van der Waals surface area contributed by atoms with E-state index in [1.165, 1.54) is 6.92 Å². The molecule has 0 saturated carbocycles. The second kappa shape index (κ2) is 11.5. The van der Waals surface area contributed by atoms with Crippen LogP contribution in [-0.2, 0) is 24.8 Å². The predicted octanol–water partition coefficient (Wildman–Crippen LogP) is 0.965. The Bertz CT molecular complexity index is 872. The van der Waals surface area contributed by atoms with Crippen LogP contribution in [0.1, 0.15) is 52.0 Å². The largest absolute Gasteiger partial charge is 0.385 e. The zero-order valence-corrected chi connectivity index (χ0v) is 19.9. The molecular weight excluding hydrogens is 448 g/mol. The van der Waals surface area contributed by atoms with Crippen molar-refractivity contribution < 1.29 is 24.3 Å². The van der Waals surface area contributed by atoms with Gasteiger partial charge in [0, 0.05) is 17.5 Å². The van der Waals surface area contributed by atoms with Crippen molar-refractivity contribution >= 4 is 35.2 Å². The van der Waals surface area contributed by atoms with Crippen molar-refractivity contribution in [2.75, 3.05) is 6.54 Å². The summed E-state index contributed by atoms with van der Waals surface area (Å²) in [6.45, 7) is 5.81. The molecular formula is C23H33ClN4O5. The summed E-state index contributed by atoms with van der Waals surface area (Å²) in [5, 5.41) is 19.2. The SMILES string of the molecule is CC(C)C[C@H](NC(=O)CC(C)(O)c1ccc(Cl)cc1)C(=O)N[C@@H](C[C@@H]1CCNC1=O)C(N)=O. The Kier molecular flexibility index (Phi) is 9.25. The second-order valence-corrected chi connectivity index (χ2v) is 9.62. The van der Waals surface area contributed by atoms with Gasteiger partial charge in [-0.3, -0.25) is 19.2 Å². The molecule has 1 fully saturated rings. The number of rotatable bonds is 11. The molecule has 1 aromatic carbocycles. The molecule has 4 amide bonds. The summed E-state index contributed by atoms with van der Waals surface area (Å²) in [5.41, 5.74) is 4.49. The summed E-state index contributed by atoms with van der Waals surface area (Å²) in [6, 6.07) is 4.53. The third kappa shape index (κ3) is 8.01. The van der Waals surface area contributed by atoms with E-state index in [4.69, 9.17) is 17.3 Å². The van der Waals surface area contributed by atoms with E-state index in [0.29, 0.717) is 30.0 Å². The van der Waals surface area contributed by atoms with Gasteiger partial charge in [0.2, 0.25) is 23.6 Å². The van der Waals surface area contributed by atoms with Gasteiger partial charge in [0.15, 0.2) is 0 Å². The van der Waals surface area contributed by atoms with Crippen LogP contribution in [0.25, 0.3) is 0 Å². The lowest BCUT2D eigenvalue weighted by Crippen LogP contribution is -2.54. The number of primary amides is 1. The van der Waals surface area contributed by atoms with E-state index in [2.05, 4.69) is 16.0 Å². The molecule has 4 atom stereocenters. The molecule has 10 heteroatoms. The van der Waals surface area contributed by atoms with E-state index >= 15 is 0 Å². The molecule has 9 nitrogen and oxygen atoms in total. The number of carbonyl (C=O) groups is 4. The highest BCUT2D eigenvalue weighted by atomic mass is 35.5. The van der Waals surface area contributed by atoms with Crippen molar-refractivity contribution in [3.63, 3.8) is 0 Å². The van der Waals surface area contributed by atoms with Gasteiger partial charge in [-0.05, 0) is 49.8 Å². The average Bonchev–Trinajstić information content (AvgIpc) is 3.10. The molecule has 0 bridgehead atoms. The number of aliphatic hydroxyl groups is 1. The zero-order chi connectivity index (χ0) is 24.8. The quantitative estimate of drug-likeness (QED) is 0.319. The normalized spacial score (nSPS) is 19.3. The van der Waals surface area contributed by atoms with Gasteiger partial charge < -0.3 is 26.8 Å². The Hall–Kier alpha value is -2.65. The van der Waals surface area contributed by atoms with E-state index < -0.39 is 41.3 Å². The molecule has 0 radical (unpaired) electrons. The van der Waals surface area contributed by atoms with Crippen LogP contribution in [0.3, 0.4) is 0 Å². The third-order valence-electron chi connectivity index (χ3n) is 5.67. The monoisotopic (exact) mass is 480 g/mol. The number of benzene rings is 1. The van der Waals surface area contributed by atoms with Gasteiger partial charge in [0.1, 0.15) is 12.1 Å². The molecule has 0 aromatic heterocycles. The number of hydrogen-bond acceptors (Lipinski definition) is 5. The van der Waals surface area contributed by atoms with Crippen LogP contribution in [0.5, 0.6) is 0 Å². The van der Waals surface area contributed by atoms with Crippen molar-refractivity contribution in [1.29, 1.82) is 0 Å². The molecule has 33 heavy (non-hydrogen) atoms. The van der Waals surface area contributed by atoms with Gasteiger partial charge in [-0.25, -0.2) is 0 Å². The van der Waals surface area contributed by atoms with Crippen molar-refractivity contribution in [3.8, 4) is 0 Å². The van der Waals surface area contributed by atoms with Crippen LogP contribution < -0.4 is 21.7 Å². The van der Waals surface area contributed by atoms with Crippen molar-refractivity contribution in [2.24, 2.45) is 17.6 Å². The Morgan fingerprint density at radius 3 is 2.36 bits per heavy atom. The van der Waals surface area contributed by atoms with Crippen molar-refractivity contribution in [2.45, 2.75) is 64.1 Å². The van der Waals surface area contributed by atoms with Gasteiger partial charge in [-0.15, -0.1) is 0 Å². The van der Waals surface area contributed by atoms with Gasteiger partial charge in [-0.1, -0.05) is 37.6 Å². The average molecular weight is 481 g/mol. The molecule has 182 valence electrons. The Balaban J connectivity index is 2.06. The van der Waals surface area contributed by atoms with E-state index in [1.807, 2.05) is 13.8 Å². The third-order valence-corrected chi connectivity index (χ3v) is 5.92. The summed E-state index contributed by atoms with van der Waals surface area (Å²) in [6.07, 6.45) is 0.693. The summed E-state index contributed by atoms with van der Waals surface area (Å²) >= 11 is 5.88. The van der Waals surface area contributed by atoms with Crippen LogP contribution in [-0.4, -0.2) is 47.4 Å².